The summed E-state index contributed by atoms with van der Waals surface area (Å²) in [6.07, 6.45) is 7.87. The topological polar surface area (TPSA) is 39.1 Å². The van der Waals surface area contributed by atoms with Crippen LogP contribution in [0.5, 0.6) is 0 Å². The first kappa shape index (κ1) is 14.1. The minimum atomic E-state index is 0.343. The molecule has 20 heavy (non-hydrogen) atoms. The predicted octanol–water partition coefficient (Wildman–Crippen LogP) is 2.31. The van der Waals surface area contributed by atoms with Crippen molar-refractivity contribution in [1.82, 2.24) is 15.1 Å². The summed E-state index contributed by atoms with van der Waals surface area (Å²) in [5.74, 6) is 0. The Hall–Kier alpha value is -0.870. The van der Waals surface area contributed by atoms with Crippen LogP contribution in [0.4, 0.5) is 0 Å². The van der Waals surface area contributed by atoms with Crippen LogP contribution >= 0.6 is 0 Å². The van der Waals surface area contributed by atoms with Gasteiger partial charge in [-0.1, -0.05) is 13.8 Å². The monoisotopic (exact) mass is 277 g/mol. The number of hydrogen-bond acceptors (Lipinski definition) is 3. The minimum Gasteiger partial charge on any atom is -0.372 e. The molecular weight excluding hydrogens is 250 g/mol. The third-order valence-electron chi connectivity index (χ3n) is 4.42. The first-order chi connectivity index (χ1) is 9.78. The third kappa shape index (κ3) is 3.41. The van der Waals surface area contributed by atoms with Crippen LogP contribution in [0.25, 0.3) is 0 Å². The quantitative estimate of drug-likeness (QED) is 0.831. The Kier molecular flexibility index (Phi) is 4.41. The van der Waals surface area contributed by atoms with E-state index in [1.165, 1.54) is 37.1 Å². The highest BCUT2D eigenvalue weighted by atomic mass is 16.5. The van der Waals surface area contributed by atoms with Crippen LogP contribution in [0.3, 0.4) is 0 Å². The van der Waals surface area contributed by atoms with E-state index in [9.17, 15) is 0 Å². The van der Waals surface area contributed by atoms with Crippen molar-refractivity contribution in [3.8, 4) is 0 Å². The molecule has 1 aliphatic carbocycles. The lowest BCUT2D eigenvalue weighted by molar-refractivity contribution is 0.0335. The molecule has 4 nitrogen and oxygen atoms in total. The van der Waals surface area contributed by atoms with E-state index in [2.05, 4.69) is 29.9 Å². The van der Waals surface area contributed by atoms with Gasteiger partial charge in [0.1, 0.15) is 0 Å². The molecule has 1 N–H and O–H groups in total. The first-order valence-electron chi connectivity index (χ1n) is 8.23. The van der Waals surface area contributed by atoms with E-state index < -0.39 is 0 Å². The van der Waals surface area contributed by atoms with E-state index in [1.54, 1.807) is 0 Å². The van der Waals surface area contributed by atoms with E-state index in [-0.39, 0.29) is 0 Å². The van der Waals surface area contributed by atoms with Crippen molar-refractivity contribution in [1.29, 1.82) is 0 Å². The molecule has 2 aliphatic rings. The third-order valence-corrected chi connectivity index (χ3v) is 4.42. The Labute approximate surface area is 121 Å². The van der Waals surface area contributed by atoms with E-state index in [1.807, 2.05) is 0 Å². The summed E-state index contributed by atoms with van der Waals surface area (Å²) in [5.41, 5.74) is 2.54. The summed E-state index contributed by atoms with van der Waals surface area (Å²) in [7, 11) is 0. The van der Waals surface area contributed by atoms with Gasteiger partial charge in [0.25, 0.3) is 0 Å². The number of hydrogen-bond donors (Lipinski definition) is 1. The van der Waals surface area contributed by atoms with Gasteiger partial charge in [-0.2, -0.15) is 5.10 Å². The summed E-state index contributed by atoms with van der Waals surface area (Å²) in [6.45, 7) is 6.31. The number of nitrogens with one attached hydrogen (secondary N) is 1. The summed E-state index contributed by atoms with van der Waals surface area (Å²) in [4.78, 5) is 0. The lowest BCUT2D eigenvalue weighted by atomic mass is 10.2. The molecule has 0 bridgehead atoms. The van der Waals surface area contributed by atoms with Crippen LogP contribution < -0.4 is 5.32 Å². The smallest absolute Gasteiger partial charge is 0.0776 e. The highest BCUT2D eigenvalue weighted by Crippen LogP contribution is 2.23. The van der Waals surface area contributed by atoms with Crippen molar-refractivity contribution >= 4 is 0 Å². The number of nitrogens with zero attached hydrogens (tertiary/aromatic N) is 2. The molecule has 112 valence electrons. The molecule has 1 saturated carbocycles. The van der Waals surface area contributed by atoms with Crippen LogP contribution in [0.1, 0.15) is 50.9 Å². The molecule has 0 aromatic carbocycles. The average molecular weight is 277 g/mol. The van der Waals surface area contributed by atoms with Gasteiger partial charge >= 0.3 is 0 Å². The van der Waals surface area contributed by atoms with Crippen molar-refractivity contribution in [3.05, 3.63) is 17.5 Å². The fourth-order valence-corrected chi connectivity index (χ4v) is 2.97. The van der Waals surface area contributed by atoms with Gasteiger partial charge in [-0.25, -0.2) is 0 Å². The van der Waals surface area contributed by atoms with Gasteiger partial charge in [0.2, 0.25) is 0 Å². The molecule has 2 fully saturated rings. The Bertz CT molecular complexity index is 439. The maximum absolute atomic E-state index is 6.16. The van der Waals surface area contributed by atoms with Crippen molar-refractivity contribution in [2.75, 3.05) is 6.54 Å². The molecule has 0 amide bonds. The van der Waals surface area contributed by atoms with Crippen molar-refractivity contribution in [3.63, 3.8) is 0 Å². The van der Waals surface area contributed by atoms with E-state index in [0.717, 1.165) is 32.0 Å². The standard InChI is InChI=1S/C16H27N3O/c1-3-12-9-14(4-2)19(18-12)11-16-8-7-15(20-16)10-17-13-5-6-13/h9,13,15-17H,3-8,10-11H2,1-2H3. The van der Waals surface area contributed by atoms with E-state index >= 15 is 0 Å². The number of aryl methyl sites for hydroxylation is 2. The zero-order valence-electron chi connectivity index (χ0n) is 12.8. The van der Waals surface area contributed by atoms with Crippen LogP contribution in [0, 0.1) is 0 Å². The molecule has 3 rings (SSSR count). The van der Waals surface area contributed by atoms with Gasteiger partial charge in [-0.3, -0.25) is 4.68 Å². The molecule has 4 heteroatoms. The molecule has 0 radical (unpaired) electrons. The summed E-state index contributed by atoms with van der Waals surface area (Å²) >= 11 is 0. The molecule has 1 aromatic heterocycles. The molecule has 1 aromatic rings. The van der Waals surface area contributed by atoms with Gasteiger partial charge in [0.15, 0.2) is 0 Å². The fourth-order valence-electron chi connectivity index (χ4n) is 2.97. The van der Waals surface area contributed by atoms with Gasteiger partial charge in [0.05, 0.1) is 24.4 Å². The Morgan fingerprint density at radius 3 is 2.70 bits per heavy atom. The van der Waals surface area contributed by atoms with Crippen molar-refractivity contribution in [2.45, 2.75) is 77.2 Å². The van der Waals surface area contributed by atoms with Crippen LogP contribution in [-0.4, -0.2) is 34.6 Å². The summed E-state index contributed by atoms with van der Waals surface area (Å²) in [6, 6.07) is 3.02. The SMILES string of the molecule is CCc1cc(CC)n(CC2CCC(CNC3CC3)O2)n1. The van der Waals surface area contributed by atoms with Crippen molar-refractivity contribution < 1.29 is 4.74 Å². The molecule has 1 saturated heterocycles. The summed E-state index contributed by atoms with van der Waals surface area (Å²) < 4.78 is 8.33. The highest BCUT2D eigenvalue weighted by Gasteiger charge is 2.28. The first-order valence-corrected chi connectivity index (χ1v) is 8.23. The second-order valence-electron chi connectivity index (χ2n) is 6.16. The van der Waals surface area contributed by atoms with Crippen LogP contribution in [-0.2, 0) is 24.1 Å². The zero-order chi connectivity index (χ0) is 13.9. The molecular formula is C16H27N3O. The fraction of sp³-hybridized carbons (Fsp3) is 0.812. The number of ether oxygens (including phenoxy) is 1. The lowest BCUT2D eigenvalue weighted by Gasteiger charge is -2.15. The molecule has 2 unspecified atom stereocenters. The number of aromatic nitrogens is 2. The normalized spacial score (nSPS) is 26.3. The largest absolute Gasteiger partial charge is 0.372 e. The maximum atomic E-state index is 6.16. The van der Waals surface area contributed by atoms with Gasteiger partial charge < -0.3 is 10.1 Å². The van der Waals surface area contributed by atoms with Gasteiger partial charge in [-0.05, 0) is 44.6 Å². The zero-order valence-corrected chi connectivity index (χ0v) is 12.8. The average Bonchev–Trinajstić information content (AvgIpc) is 3.05. The number of rotatable bonds is 7. The van der Waals surface area contributed by atoms with Crippen LogP contribution in [0.15, 0.2) is 6.07 Å². The van der Waals surface area contributed by atoms with E-state index in [4.69, 9.17) is 9.84 Å². The van der Waals surface area contributed by atoms with Gasteiger partial charge in [0, 0.05) is 18.3 Å². The Morgan fingerprint density at radius 2 is 2.00 bits per heavy atom. The van der Waals surface area contributed by atoms with Crippen LogP contribution in [0.2, 0.25) is 0 Å². The van der Waals surface area contributed by atoms with Crippen molar-refractivity contribution in [2.24, 2.45) is 0 Å². The molecule has 2 heterocycles. The maximum Gasteiger partial charge on any atom is 0.0776 e. The second-order valence-corrected chi connectivity index (χ2v) is 6.16. The molecule has 0 spiro atoms. The molecule has 2 atom stereocenters. The van der Waals surface area contributed by atoms with Gasteiger partial charge in [-0.15, -0.1) is 0 Å². The highest BCUT2D eigenvalue weighted by molar-refractivity contribution is 5.10. The summed E-state index contributed by atoms with van der Waals surface area (Å²) in [5, 5.41) is 8.26. The predicted molar refractivity (Wildman–Crippen MR) is 79.9 cm³/mol. The van der Waals surface area contributed by atoms with E-state index in [0.29, 0.717) is 12.2 Å². The lowest BCUT2D eigenvalue weighted by Crippen LogP contribution is -2.29. The molecule has 1 aliphatic heterocycles. The Balaban J connectivity index is 1.51. The minimum absolute atomic E-state index is 0.343. The second kappa shape index (κ2) is 6.27. The Morgan fingerprint density at radius 1 is 1.20 bits per heavy atom.